The van der Waals surface area contributed by atoms with Crippen LogP contribution in [0.25, 0.3) is 0 Å². The minimum Gasteiger partial charge on any atom is -0.387 e. The van der Waals surface area contributed by atoms with Crippen molar-refractivity contribution in [1.82, 2.24) is 5.32 Å². The number of amides is 1. The van der Waals surface area contributed by atoms with Gasteiger partial charge in [-0.15, -0.1) is 0 Å². The van der Waals surface area contributed by atoms with Gasteiger partial charge in [-0.1, -0.05) is 199 Å². The number of unbranched alkanes of at least 4 members (excludes halogenated alkanes) is 28. The molecule has 0 aliphatic rings. The van der Waals surface area contributed by atoms with Gasteiger partial charge in [-0.05, 0) is 19.3 Å². The molecule has 0 saturated carbocycles. The van der Waals surface area contributed by atoms with E-state index in [1.165, 1.54) is 154 Å². The number of carbonyl (C=O) groups is 1. The summed E-state index contributed by atoms with van der Waals surface area (Å²) in [6.07, 6.45) is 41.3. The fourth-order valence-corrected chi connectivity index (χ4v) is 7.37. The third-order valence-electron chi connectivity index (χ3n) is 10.3. The summed E-state index contributed by atoms with van der Waals surface area (Å²) in [6, 6.07) is -0.839. The standard InChI is InChI=1S/C44H89N2O6P/c1-6-8-10-12-14-16-18-20-21-22-23-24-25-26-28-30-32-34-36-38-44(48)45-42(41-52-53(49,50)51-40-39-46(3,4)5)43(47)37-35-33-31-29-27-19-17-15-13-11-9-7-2/h35,37,42-43,47H,6-34,36,38-41H2,1-5H3,(H-,45,48,49,50)/p+1/b37-35+/t42-,43+/m0/s1. The van der Waals surface area contributed by atoms with Crippen molar-refractivity contribution in [1.29, 1.82) is 0 Å². The normalized spacial score (nSPS) is 14.5. The minimum absolute atomic E-state index is 0.0645. The molecule has 0 rings (SSSR count). The maximum absolute atomic E-state index is 12.9. The first kappa shape index (κ1) is 52.2. The summed E-state index contributed by atoms with van der Waals surface area (Å²) in [4.78, 5) is 23.1. The number of quaternary nitrogens is 1. The Hall–Kier alpha value is -0.760. The number of rotatable bonds is 41. The molecule has 0 aliphatic heterocycles. The van der Waals surface area contributed by atoms with E-state index >= 15 is 0 Å². The molecule has 1 unspecified atom stereocenters. The van der Waals surface area contributed by atoms with Gasteiger partial charge in [-0.3, -0.25) is 13.8 Å². The van der Waals surface area contributed by atoms with E-state index in [9.17, 15) is 19.4 Å². The van der Waals surface area contributed by atoms with Crippen LogP contribution < -0.4 is 5.32 Å². The van der Waals surface area contributed by atoms with Gasteiger partial charge in [0.15, 0.2) is 0 Å². The maximum atomic E-state index is 12.9. The molecule has 316 valence electrons. The van der Waals surface area contributed by atoms with Gasteiger partial charge >= 0.3 is 7.82 Å². The van der Waals surface area contributed by atoms with E-state index in [-0.39, 0.29) is 19.1 Å². The van der Waals surface area contributed by atoms with Gasteiger partial charge in [-0.25, -0.2) is 4.57 Å². The molecular formula is C44H90N2O6P+. The number of likely N-dealkylation sites (N-methyl/N-ethyl adjacent to an activating group) is 1. The van der Waals surface area contributed by atoms with Crippen molar-refractivity contribution in [3.8, 4) is 0 Å². The summed E-state index contributed by atoms with van der Waals surface area (Å²) in [6.45, 7) is 4.82. The monoisotopic (exact) mass is 774 g/mol. The third-order valence-corrected chi connectivity index (χ3v) is 11.2. The Bertz CT molecular complexity index is 880. The number of aliphatic hydroxyl groups is 1. The molecule has 1 amide bonds. The molecule has 0 fully saturated rings. The van der Waals surface area contributed by atoms with Crippen LogP contribution in [-0.2, 0) is 18.4 Å². The van der Waals surface area contributed by atoms with Crippen LogP contribution in [0.5, 0.6) is 0 Å². The van der Waals surface area contributed by atoms with E-state index in [0.29, 0.717) is 17.4 Å². The Morgan fingerprint density at radius 2 is 1.00 bits per heavy atom. The molecule has 0 aromatic rings. The third kappa shape index (κ3) is 39.3. The van der Waals surface area contributed by atoms with E-state index < -0.39 is 20.0 Å². The topological polar surface area (TPSA) is 105 Å². The molecule has 0 saturated heterocycles. The van der Waals surface area contributed by atoms with Gasteiger partial charge in [0.05, 0.1) is 39.9 Å². The first-order valence-corrected chi connectivity index (χ1v) is 24.1. The van der Waals surface area contributed by atoms with Crippen molar-refractivity contribution < 1.29 is 32.9 Å². The lowest BCUT2D eigenvalue weighted by atomic mass is 10.0. The number of phosphoric ester groups is 1. The number of nitrogens with one attached hydrogen (secondary N) is 1. The van der Waals surface area contributed by atoms with E-state index in [1.807, 2.05) is 27.2 Å². The molecule has 0 heterocycles. The van der Waals surface area contributed by atoms with Gasteiger partial charge in [0, 0.05) is 6.42 Å². The average molecular weight is 774 g/mol. The largest absolute Gasteiger partial charge is 0.472 e. The van der Waals surface area contributed by atoms with Gasteiger partial charge < -0.3 is 19.8 Å². The number of phosphoric acid groups is 1. The first-order valence-electron chi connectivity index (χ1n) is 22.6. The van der Waals surface area contributed by atoms with Gasteiger partial charge in [0.25, 0.3) is 0 Å². The molecule has 0 radical (unpaired) electrons. The molecule has 53 heavy (non-hydrogen) atoms. The predicted molar refractivity (Wildman–Crippen MR) is 226 cm³/mol. The second-order valence-corrected chi connectivity index (χ2v) is 18.2. The summed E-state index contributed by atoms with van der Waals surface area (Å²) in [5.74, 6) is -0.175. The second kappa shape index (κ2) is 36.9. The van der Waals surface area contributed by atoms with Crippen LogP contribution in [-0.4, -0.2) is 73.4 Å². The minimum atomic E-state index is -4.33. The summed E-state index contributed by atoms with van der Waals surface area (Å²) >= 11 is 0. The molecule has 3 atom stereocenters. The number of aliphatic hydroxyl groups excluding tert-OH is 1. The van der Waals surface area contributed by atoms with Crippen molar-refractivity contribution in [3.63, 3.8) is 0 Å². The number of carbonyl (C=O) groups excluding carboxylic acids is 1. The highest BCUT2D eigenvalue weighted by atomic mass is 31.2. The molecular weight excluding hydrogens is 683 g/mol. The number of hydrogen-bond acceptors (Lipinski definition) is 5. The maximum Gasteiger partial charge on any atom is 0.472 e. The molecule has 0 bridgehead atoms. The van der Waals surface area contributed by atoms with Crippen LogP contribution in [0.3, 0.4) is 0 Å². The molecule has 8 nitrogen and oxygen atoms in total. The van der Waals surface area contributed by atoms with E-state index in [4.69, 9.17) is 9.05 Å². The van der Waals surface area contributed by atoms with Crippen LogP contribution in [0.2, 0.25) is 0 Å². The highest BCUT2D eigenvalue weighted by Gasteiger charge is 2.27. The van der Waals surface area contributed by atoms with Crippen molar-refractivity contribution in [2.45, 2.75) is 225 Å². The lowest BCUT2D eigenvalue weighted by Crippen LogP contribution is -2.45. The van der Waals surface area contributed by atoms with Crippen LogP contribution in [0.4, 0.5) is 0 Å². The van der Waals surface area contributed by atoms with Crippen molar-refractivity contribution >= 4 is 13.7 Å². The van der Waals surface area contributed by atoms with Crippen molar-refractivity contribution in [2.24, 2.45) is 0 Å². The molecule has 0 aromatic carbocycles. The Morgan fingerprint density at radius 1 is 0.623 bits per heavy atom. The Morgan fingerprint density at radius 3 is 1.40 bits per heavy atom. The van der Waals surface area contributed by atoms with Crippen LogP contribution in [0, 0.1) is 0 Å². The van der Waals surface area contributed by atoms with Gasteiger partial charge in [-0.2, -0.15) is 0 Å². The zero-order chi connectivity index (χ0) is 39.3. The highest BCUT2D eigenvalue weighted by molar-refractivity contribution is 7.47. The highest BCUT2D eigenvalue weighted by Crippen LogP contribution is 2.43. The molecule has 9 heteroatoms. The zero-order valence-corrected chi connectivity index (χ0v) is 36.7. The van der Waals surface area contributed by atoms with Gasteiger partial charge in [0.2, 0.25) is 5.91 Å². The molecule has 0 spiro atoms. The number of allylic oxidation sites excluding steroid dienone is 1. The van der Waals surface area contributed by atoms with Crippen molar-refractivity contribution in [3.05, 3.63) is 12.2 Å². The summed E-state index contributed by atoms with van der Waals surface area (Å²) in [5.41, 5.74) is 0. The average Bonchev–Trinajstić information content (AvgIpc) is 3.10. The molecule has 3 N–H and O–H groups in total. The van der Waals surface area contributed by atoms with E-state index in [1.54, 1.807) is 6.08 Å². The lowest BCUT2D eigenvalue weighted by molar-refractivity contribution is -0.870. The van der Waals surface area contributed by atoms with Crippen LogP contribution in [0.1, 0.15) is 213 Å². The van der Waals surface area contributed by atoms with E-state index in [0.717, 1.165) is 38.5 Å². The molecule has 0 aliphatic carbocycles. The second-order valence-electron chi connectivity index (χ2n) is 16.8. The van der Waals surface area contributed by atoms with Crippen molar-refractivity contribution in [2.75, 3.05) is 40.9 Å². The zero-order valence-electron chi connectivity index (χ0n) is 35.8. The smallest absolute Gasteiger partial charge is 0.387 e. The molecule has 0 aromatic heterocycles. The predicted octanol–water partition coefficient (Wildman–Crippen LogP) is 12.4. The SMILES string of the molecule is CCCCCCCCCCCC/C=C/[C@@H](O)[C@H](COP(=O)(O)OCC[N+](C)(C)C)NC(=O)CCCCCCCCCCCCCCCCCCCCC. The summed E-state index contributed by atoms with van der Waals surface area (Å²) < 4.78 is 23.5. The first-order chi connectivity index (χ1) is 25.5. The van der Waals surface area contributed by atoms with E-state index in [2.05, 4.69) is 19.2 Å². The summed E-state index contributed by atoms with van der Waals surface area (Å²) in [5, 5.41) is 13.8. The fraction of sp³-hybridized carbons (Fsp3) is 0.932. The Balaban J connectivity index is 4.32. The Labute approximate surface area is 329 Å². The van der Waals surface area contributed by atoms with Crippen LogP contribution >= 0.6 is 7.82 Å². The lowest BCUT2D eigenvalue weighted by Gasteiger charge is -2.25. The number of nitrogens with zero attached hydrogens (tertiary/aromatic N) is 1. The Kier molecular flexibility index (Phi) is 36.3. The summed E-state index contributed by atoms with van der Waals surface area (Å²) in [7, 11) is 1.58. The van der Waals surface area contributed by atoms with Gasteiger partial charge in [0.1, 0.15) is 13.2 Å². The van der Waals surface area contributed by atoms with Crippen LogP contribution in [0.15, 0.2) is 12.2 Å². The fourth-order valence-electron chi connectivity index (χ4n) is 6.63. The quantitative estimate of drug-likeness (QED) is 0.0247. The number of hydrogen-bond donors (Lipinski definition) is 3.